The maximum atomic E-state index is 12.0. The molecule has 0 bridgehead atoms. The molecule has 0 aliphatic heterocycles. The van der Waals surface area contributed by atoms with E-state index in [2.05, 4.69) is 13.8 Å². The molecule has 224 valence electrons. The lowest BCUT2D eigenvalue weighted by atomic mass is 10.0. The van der Waals surface area contributed by atoms with Gasteiger partial charge in [-0.1, -0.05) is 194 Å². The van der Waals surface area contributed by atoms with E-state index >= 15 is 0 Å². The van der Waals surface area contributed by atoms with E-state index in [1.807, 2.05) is 0 Å². The first-order chi connectivity index (χ1) is 18.0. The molecule has 0 aromatic rings. The smallest absolute Gasteiger partial charge is 0.324 e. The zero-order valence-corrected chi connectivity index (χ0v) is 26.4. The highest BCUT2D eigenvalue weighted by Gasteiger charge is 2.27. The largest absolute Gasteiger partial charge is 0.328 e. The van der Waals surface area contributed by atoms with Gasteiger partial charge >= 0.3 is 7.60 Å². The highest BCUT2D eigenvalue weighted by atomic mass is 31.2. The van der Waals surface area contributed by atoms with Crippen molar-refractivity contribution < 1.29 is 14.4 Å². The van der Waals surface area contributed by atoms with E-state index in [4.69, 9.17) is 0 Å². The van der Waals surface area contributed by atoms with Gasteiger partial charge in [-0.3, -0.25) is 4.57 Å². The van der Waals surface area contributed by atoms with Gasteiger partial charge in [-0.2, -0.15) is 0 Å². The molecular weight excluding hydrogens is 475 g/mol. The van der Waals surface area contributed by atoms with Crippen LogP contribution in [-0.2, 0) is 4.57 Å². The average molecular weight is 545 g/mol. The highest BCUT2D eigenvalue weighted by molar-refractivity contribution is 7.52. The van der Waals surface area contributed by atoms with Crippen LogP contribution in [0.2, 0.25) is 0 Å². The lowest BCUT2D eigenvalue weighted by Crippen LogP contribution is -2.08. The Morgan fingerprint density at radius 2 is 0.568 bits per heavy atom. The van der Waals surface area contributed by atoms with Crippen LogP contribution < -0.4 is 0 Å². The van der Waals surface area contributed by atoms with Crippen molar-refractivity contribution in [3.05, 3.63) is 0 Å². The summed E-state index contributed by atoms with van der Waals surface area (Å²) in [5, 5.41) is 0. The van der Waals surface area contributed by atoms with E-state index < -0.39 is 13.3 Å². The molecule has 0 aromatic carbocycles. The van der Waals surface area contributed by atoms with Crippen molar-refractivity contribution in [2.24, 2.45) is 0 Å². The lowest BCUT2D eigenvalue weighted by Gasteiger charge is -2.18. The summed E-state index contributed by atoms with van der Waals surface area (Å²) in [6.07, 6.45) is 38.4. The predicted molar refractivity (Wildman–Crippen MR) is 166 cm³/mol. The van der Waals surface area contributed by atoms with Gasteiger partial charge in [0.05, 0.1) is 5.66 Å². The van der Waals surface area contributed by atoms with Crippen molar-refractivity contribution in [2.45, 2.75) is 212 Å². The summed E-state index contributed by atoms with van der Waals surface area (Å²) in [6.45, 7) is 4.55. The molecule has 0 aliphatic carbocycles. The van der Waals surface area contributed by atoms with Crippen molar-refractivity contribution in [1.29, 1.82) is 0 Å². The summed E-state index contributed by atoms with van der Waals surface area (Å²) in [7, 11) is -3.95. The summed E-state index contributed by atoms with van der Waals surface area (Å²) < 4.78 is 12.0. The molecule has 0 unspecified atom stereocenters. The van der Waals surface area contributed by atoms with Crippen LogP contribution in [0.1, 0.15) is 206 Å². The monoisotopic (exact) mass is 544 g/mol. The van der Waals surface area contributed by atoms with E-state index in [9.17, 15) is 14.4 Å². The van der Waals surface area contributed by atoms with E-state index in [1.165, 1.54) is 154 Å². The van der Waals surface area contributed by atoms with Crippen LogP contribution in [0.3, 0.4) is 0 Å². The molecule has 0 amide bonds. The molecule has 0 heterocycles. The normalized spacial score (nSPS) is 12.1. The van der Waals surface area contributed by atoms with E-state index in [0.717, 1.165) is 25.7 Å². The van der Waals surface area contributed by atoms with Crippen molar-refractivity contribution in [3.63, 3.8) is 0 Å². The zero-order chi connectivity index (χ0) is 27.3. The number of hydrogen-bond acceptors (Lipinski definition) is 1. The lowest BCUT2D eigenvalue weighted by molar-refractivity contribution is 0.345. The van der Waals surface area contributed by atoms with Crippen LogP contribution in [-0.4, -0.2) is 15.4 Å². The molecule has 0 aromatic heterocycles. The van der Waals surface area contributed by atoms with Crippen molar-refractivity contribution in [3.8, 4) is 0 Å². The standard InChI is InChI=1S/C33H69O3P/c1-3-5-7-9-11-13-15-17-19-21-23-25-27-29-31-33(37(34,35)36)32-30-28-26-24-22-20-18-16-14-12-10-8-6-4-2/h33H,3-32H2,1-2H3,(H2,34,35,36). The maximum absolute atomic E-state index is 12.0. The van der Waals surface area contributed by atoms with Gasteiger partial charge < -0.3 is 9.79 Å². The van der Waals surface area contributed by atoms with Gasteiger partial charge in [0.15, 0.2) is 0 Å². The third-order valence-electron chi connectivity index (χ3n) is 8.26. The summed E-state index contributed by atoms with van der Waals surface area (Å²) in [5.74, 6) is 0. The van der Waals surface area contributed by atoms with Crippen LogP contribution in [0.4, 0.5) is 0 Å². The molecule has 2 N–H and O–H groups in total. The van der Waals surface area contributed by atoms with E-state index in [-0.39, 0.29) is 0 Å². The summed E-state index contributed by atoms with van der Waals surface area (Å²) in [5.41, 5.74) is -0.401. The summed E-state index contributed by atoms with van der Waals surface area (Å²) in [4.78, 5) is 19.6. The average Bonchev–Trinajstić information content (AvgIpc) is 2.87. The molecule has 0 spiro atoms. The molecule has 0 atom stereocenters. The minimum Gasteiger partial charge on any atom is -0.324 e. The van der Waals surface area contributed by atoms with Crippen LogP contribution in [0, 0.1) is 0 Å². The van der Waals surface area contributed by atoms with Crippen LogP contribution in [0.5, 0.6) is 0 Å². The van der Waals surface area contributed by atoms with Gasteiger partial charge in [0.1, 0.15) is 0 Å². The van der Waals surface area contributed by atoms with Crippen molar-refractivity contribution >= 4 is 7.60 Å². The van der Waals surface area contributed by atoms with Crippen LogP contribution in [0.25, 0.3) is 0 Å². The fourth-order valence-corrected chi connectivity index (χ4v) is 6.67. The number of unbranched alkanes of at least 4 members (excludes halogenated alkanes) is 26. The highest BCUT2D eigenvalue weighted by Crippen LogP contribution is 2.46. The van der Waals surface area contributed by atoms with Gasteiger partial charge in [-0.05, 0) is 12.8 Å². The molecule has 3 nitrogen and oxygen atoms in total. The second-order valence-corrected chi connectivity index (χ2v) is 13.9. The van der Waals surface area contributed by atoms with E-state index in [0.29, 0.717) is 12.8 Å². The van der Waals surface area contributed by atoms with Gasteiger partial charge in [-0.15, -0.1) is 0 Å². The SMILES string of the molecule is CCCCCCCCCCCCCCCCC(CCCCCCCCCCCCCCCC)P(=O)(O)O. The third kappa shape index (κ3) is 29.0. The molecule has 4 heteroatoms. The maximum Gasteiger partial charge on any atom is 0.328 e. The molecule has 0 saturated carbocycles. The third-order valence-corrected chi connectivity index (χ3v) is 9.73. The van der Waals surface area contributed by atoms with Crippen LogP contribution >= 0.6 is 7.60 Å². The van der Waals surface area contributed by atoms with E-state index in [1.54, 1.807) is 0 Å². The van der Waals surface area contributed by atoms with Crippen molar-refractivity contribution in [1.82, 2.24) is 0 Å². The summed E-state index contributed by atoms with van der Waals surface area (Å²) >= 11 is 0. The Balaban J connectivity index is 3.53. The molecule has 0 fully saturated rings. The summed E-state index contributed by atoms with van der Waals surface area (Å²) in [6, 6.07) is 0. The van der Waals surface area contributed by atoms with Crippen molar-refractivity contribution in [2.75, 3.05) is 0 Å². The quantitative estimate of drug-likeness (QED) is 0.0674. The molecular formula is C33H69O3P. The number of hydrogen-bond donors (Lipinski definition) is 2. The fourth-order valence-electron chi connectivity index (χ4n) is 5.63. The first kappa shape index (κ1) is 37.1. The Labute approximate surface area is 233 Å². The fraction of sp³-hybridized carbons (Fsp3) is 1.00. The van der Waals surface area contributed by atoms with Gasteiger partial charge in [0.25, 0.3) is 0 Å². The molecule has 37 heavy (non-hydrogen) atoms. The molecule has 0 radical (unpaired) electrons. The second kappa shape index (κ2) is 29.1. The Hall–Kier alpha value is 0.150. The molecule has 0 rings (SSSR count). The van der Waals surface area contributed by atoms with Gasteiger partial charge in [0, 0.05) is 0 Å². The second-order valence-electron chi connectivity index (χ2n) is 12.0. The first-order valence-electron chi connectivity index (χ1n) is 17.1. The van der Waals surface area contributed by atoms with Gasteiger partial charge in [0.2, 0.25) is 0 Å². The zero-order valence-electron chi connectivity index (χ0n) is 25.5. The Morgan fingerprint density at radius 1 is 0.378 bits per heavy atom. The minimum atomic E-state index is -3.95. The minimum absolute atomic E-state index is 0.401. The molecule has 0 saturated heterocycles. The van der Waals surface area contributed by atoms with Gasteiger partial charge in [-0.25, -0.2) is 0 Å². The Kier molecular flexibility index (Phi) is 29.3. The molecule has 0 aliphatic rings. The first-order valence-corrected chi connectivity index (χ1v) is 18.8. The predicted octanol–water partition coefficient (Wildman–Crippen LogP) is 12.3. The number of rotatable bonds is 31. The Bertz CT molecular complexity index is 444. The topological polar surface area (TPSA) is 57.5 Å². The Morgan fingerprint density at radius 3 is 0.757 bits per heavy atom. The van der Waals surface area contributed by atoms with Crippen LogP contribution in [0.15, 0.2) is 0 Å².